The highest BCUT2D eigenvalue weighted by Crippen LogP contribution is 2.35. The molecule has 1 atom stereocenters. The molecule has 0 saturated carbocycles. The second-order valence-electron chi connectivity index (χ2n) is 6.48. The molecule has 1 unspecified atom stereocenters. The first-order valence-electron chi connectivity index (χ1n) is 7.22. The van der Waals surface area contributed by atoms with Gasteiger partial charge in [-0.2, -0.15) is 11.8 Å². The summed E-state index contributed by atoms with van der Waals surface area (Å²) in [5.74, 6) is 2.41. The highest BCUT2D eigenvalue weighted by atomic mass is 32.2. The number of nitrogens with zero attached hydrogens (tertiary/aromatic N) is 4. The smallest absolute Gasteiger partial charge is 0.143 e. The molecule has 0 amide bonds. The summed E-state index contributed by atoms with van der Waals surface area (Å²) in [5.41, 5.74) is 3.72. The lowest BCUT2D eigenvalue weighted by Crippen LogP contribution is -2.35. The van der Waals surface area contributed by atoms with E-state index in [4.69, 9.17) is 0 Å². The van der Waals surface area contributed by atoms with E-state index in [-0.39, 0.29) is 0 Å². The summed E-state index contributed by atoms with van der Waals surface area (Å²) in [6.45, 7) is 6.76. The van der Waals surface area contributed by atoms with Crippen LogP contribution in [-0.2, 0) is 0 Å². The molecule has 5 nitrogen and oxygen atoms in total. The van der Waals surface area contributed by atoms with Crippen LogP contribution in [0.3, 0.4) is 0 Å². The van der Waals surface area contributed by atoms with Gasteiger partial charge in [0.1, 0.15) is 6.33 Å². The van der Waals surface area contributed by atoms with Gasteiger partial charge in [0.05, 0.1) is 5.69 Å². The van der Waals surface area contributed by atoms with E-state index in [2.05, 4.69) is 59.8 Å². The molecular formula is C15H21N5S. The summed E-state index contributed by atoms with van der Waals surface area (Å²) in [5, 5.41) is 15.1. The number of tetrazole rings is 1. The highest BCUT2D eigenvalue weighted by Gasteiger charge is 2.28. The largest absolute Gasteiger partial charge is 0.381 e. The van der Waals surface area contributed by atoms with Gasteiger partial charge in [-0.1, -0.05) is 19.9 Å². The molecule has 2 heterocycles. The summed E-state index contributed by atoms with van der Waals surface area (Å²) >= 11 is 2.03. The molecule has 1 aliphatic heterocycles. The lowest BCUT2D eigenvalue weighted by molar-refractivity contribution is 0.358. The number of anilines is 1. The second kappa shape index (κ2) is 5.67. The maximum Gasteiger partial charge on any atom is 0.143 e. The van der Waals surface area contributed by atoms with Crippen molar-refractivity contribution < 1.29 is 0 Å². The minimum absolute atomic E-state index is 0.407. The van der Waals surface area contributed by atoms with E-state index < -0.39 is 0 Å². The average Bonchev–Trinajstić information content (AvgIpc) is 2.94. The third kappa shape index (κ3) is 3.37. The Kier molecular flexibility index (Phi) is 3.89. The first kappa shape index (κ1) is 14.4. The van der Waals surface area contributed by atoms with Gasteiger partial charge in [0, 0.05) is 17.5 Å². The van der Waals surface area contributed by atoms with Crippen molar-refractivity contribution in [3.8, 4) is 5.69 Å². The Hall–Kier alpha value is -1.56. The minimum Gasteiger partial charge on any atom is -0.381 e. The molecule has 1 aromatic carbocycles. The summed E-state index contributed by atoms with van der Waals surface area (Å²) < 4.78 is 1.71. The lowest BCUT2D eigenvalue weighted by Gasteiger charge is -2.35. The number of benzene rings is 1. The van der Waals surface area contributed by atoms with Gasteiger partial charge in [-0.3, -0.25) is 0 Å². The van der Waals surface area contributed by atoms with Crippen molar-refractivity contribution in [2.75, 3.05) is 16.8 Å². The Morgan fingerprint density at radius 2 is 2.24 bits per heavy atom. The molecule has 112 valence electrons. The molecular weight excluding hydrogens is 282 g/mol. The predicted molar refractivity (Wildman–Crippen MR) is 87.0 cm³/mol. The summed E-state index contributed by atoms with van der Waals surface area (Å²) in [6.07, 6.45) is 2.83. The number of rotatable bonds is 3. The molecule has 3 rings (SSSR count). The molecule has 0 spiro atoms. The zero-order chi connectivity index (χ0) is 14.9. The fourth-order valence-electron chi connectivity index (χ4n) is 2.81. The topological polar surface area (TPSA) is 55.6 Å². The maximum atomic E-state index is 3.98. The quantitative estimate of drug-likeness (QED) is 0.945. The molecule has 0 aliphatic carbocycles. The predicted octanol–water partition coefficient (Wildman–Crippen LogP) is 2.91. The monoisotopic (exact) mass is 303 g/mol. The third-order valence-electron chi connectivity index (χ3n) is 3.79. The van der Waals surface area contributed by atoms with Crippen LogP contribution < -0.4 is 5.32 Å². The maximum absolute atomic E-state index is 3.98. The summed E-state index contributed by atoms with van der Waals surface area (Å²) in [7, 11) is 0. The molecule has 1 aromatic heterocycles. The number of thioether (sulfide) groups is 1. The lowest BCUT2D eigenvalue weighted by atomic mass is 9.88. The fourth-order valence-corrected chi connectivity index (χ4v) is 4.08. The van der Waals surface area contributed by atoms with Gasteiger partial charge in [0.2, 0.25) is 0 Å². The van der Waals surface area contributed by atoms with Gasteiger partial charge in [0.15, 0.2) is 0 Å². The molecule has 1 aliphatic rings. The van der Waals surface area contributed by atoms with Gasteiger partial charge in [-0.05, 0) is 52.6 Å². The van der Waals surface area contributed by atoms with Crippen LogP contribution in [0.4, 0.5) is 5.69 Å². The normalized spacial score (nSPS) is 21.2. The van der Waals surface area contributed by atoms with Gasteiger partial charge in [0.25, 0.3) is 0 Å². The molecule has 0 radical (unpaired) electrons. The third-order valence-corrected chi connectivity index (χ3v) is 5.41. The van der Waals surface area contributed by atoms with E-state index in [1.165, 1.54) is 12.2 Å². The Labute approximate surface area is 129 Å². The Balaban J connectivity index is 1.79. The highest BCUT2D eigenvalue weighted by molar-refractivity contribution is 7.99. The van der Waals surface area contributed by atoms with E-state index in [0.717, 1.165) is 22.7 Å². The SMILES string of the molecule is Cc1ccc(NC2CSCC(C)(C)C2)cc1-n1cnnn1. The summed E-state index contributed by atoms with van der Waals surface area (Å²) in [6, 6.07) is 6.89. The van der Waals surface area contributed by atoms with Crippen LogP contribution in [0.1, 0.15) is 25.8 Å². The molecule has 1 saturated heterocycles. The van der Waals surface area contributed by atoms with E-state index in [0.29, 0.717) is 11.5 Å². The van der Waals surface area contributed by atoms with Crippen LogP contribution in [0.25, 0.3) is 5.69 Å². The number of hydrogen-bond acceptors (Lipinski definition) is 5. The molecule has 1 fully saturated rings. The Morgan fingerprint density at radius 3 is 2.95 bits per heavy atom. The van der Waals surface area contributed by atoms with E-state index >= 15 is 0 Å². The number of aromatic nitrogens is 4. The van der Waals surface area contributed by atoms with Crippen molar-refractivity contribution in [1.29, 1.82) is 0 Å². The molecule has 1 N–H and O–H groups in total. The van der Waals surface area contributed by atoms with Crippen molar-refractivity contribution in [1.82, 2.24) is 20.2 Å². The van der Waals surface area contributed by atoms with Gasteiger partial charge in [-0.15, -0.1) is 5.10 Å². The Morgan fingerprint density at radius 1 is 1.38 bits per heavy atom. The first-order chi connectivity index (χ1) is 10.0. The minimum atomic E-state index is 0.407. The van der Waals surface area contributed by atoms with Crippen molar-refractivity contribution >= 4 is 17.4 Å². The van der Waals surface area contributed by atoms with Crippen LogP contribution >= 0.6 is 11.8 Å². The average molecular weight is 303 g/mol. The van der Waals surface area contributed by atoms with Gasteiger partial charge < -0.3 is 5.32 Å². The van der Waals surface area contributed by atoms with Gasteiger partial charge in [-0.25, -0.2) is 4.68 Å². The van der Waals surface area contributed by atoms with Crippen molar-refractivity contribution in [2.45, 2.75) is 33.2 Å². The van der Waals surface area contributed by atoms with Gasteiger partial charge >= 0.3 is 0 Å². The molecule has 21 heavy (non-hydrogen) atoms. The van der Waals surface area contributed by atoms with Crippen LogP contribution in [0.15, 0.2) is 24.5 Å². The van der Waals surface area contributed by atoms with E-state index in [1.807, 2.05) is 11.8 Å². The fraction of sp³-hybridized carbons (Fsp3) is 0.533. The van der Waals surface area contributed by atoms with Crippen LogP contribution in [0, 0.1) is 12.3 Å². The molecule has 0 bridgehead atoms. The first-order valence-corrected chi connectivity index (χ1v) is 8.37. The van der Waals surface area contributed by atoms with Crippen molar-refractivity contribution in [3.63, 3.8) is 0 Å². The second-order valence-corrected chi connectivity index (χ2v) is 7.51. The zero-order valence-corrected chi connectivity index (χ0v) is 13.5. The summed E-state index contributed by atoms with van der Waals surface area (Å²) in [4.78, 5) is 0. The molecule has 2 aromatic rings. The Bertz CT molecular complexity index is 609. The van der Waals surface area contributed by atoms with Crippen molar-refractivity contribution in [3.05, 3.63) is 30.1 Å². The van der Waals surface area contributed by atoms with Crippen LogP contribution in [0.5, 0.6) is 0 Å². The number of hydrogen-bond donors (Lipinski definition) is 1. The number of nitrogens with one attached hydrogen (secondary N) is 1. The molecule has 6 heteroatoms. The van der Waals surface area contributed by atoms with E-state index in [9.17, 15) is 0 Å². The standard InChI is InChI=1S/C15H21N5S/c1-11-4-5-12(6-14(11)20-10-16-18-19-20)17-13-7-15(2,3)9-21-8-13/h4-6,10,13,17H,7-9H2,1-3H3. The van der Waals surface area contributed by atoms with E-state index in [1.54, 1.807) is 11.0 Å². The van der Waals surface area contributed by atoms with Crippen LogP contribution in [-0.4, -0.2) is 37.8 Å². The van der Waals surface area contributed by atoms with Crippen LogP contribution in [0.2, 0.25) is 0 Å². The van der Waals surface area contributed by atoms with Crippen molar-refractivity contribution in [2.24, 2.45) is 5.41 Å². The zero-order valence-electron chi connectivity index (χ0n) is 12.7. The number of aryl methyl sites for hydroxylation is 1.